The second kappa shape index (κ2) is 11.8. The Balaban J connectivity index is 1.33. The van der Waals surface area contributed by atoms with E-state index >= 15 is 0 Å². The largest absolute Gasteiger partial charge is 0.497 e. The number of aromatic nitrogens is 3. The van der Waals surface area contributed by atoms with Crippen molar-refractivity contribution in [2.75, 3.05) is 18.2 Å². The number of carbonyl (C=O) groups excluding carboxylic acids is 2. The Hall–Kier alpha value is -4.63. The van der Waals surface area contributed by atoms with Crippen molar-refractivity contribution in [2.45, 2.75) is 18.6 Å². The molecule has 2 N–H and O–H groups in total. The topological polar surface area (TPSA) is 98.1 Å². The number of hydrogen-bond donors (Lipinski definition) is 2. The van der Waals surface area contributed by atoms with Crippen LogP contribution in [0.4, 0.5) is 5.69 Å². The molecule has 8 nitrogen and oxygen atoms in total. The summed E-state index contributed by atoms with van der Waals surface area (Å²) in [4.78, 5) is 25.8. The zero-order valence-corrected chi connectivity index (χ0v) is 22.4. The Kier molecular flexibility index (Phi) is 7.88. The number of benzene rings is 4. The molecular weight excluding hydrogens is 510 g/mol. The van der Waals surface area contributed by atoms with Crippen molar-refractivity contribution < 1.29 is 14.3 Å². The van der Waals surface area contributed by atoms with Crippen LogP contribution < -0.4 is 15.4 Å². The molecule has 0 atom stereocenters. The monoisotopic (exact) mass is 537 g/mol. The molecule has 5 aromatic rings. The first kappa shape index (κ1) is 26.0. The second-order valence-electron chi connectivity index (χ2n) is 8.85. The minimum Gasteiger partial charge on any atom is -0.497 e. The molecule has 0 spiro atoms. The number of nitrogens with zero attached hydrogens (tertiary/aromatic N) is 3. The van der Waals surface area contributed by atoms with E-state index in [2.05, 4.69) is 20.8 Å². The SMILES string of the molecule is COc1ccc(NC(=O)CSc2nnc(CNC(=O)c3cccc4ccccc34)n2-c2cccc(C)c2)cc1. The molecule has 0 unspecified atom stereocenters. The molecule has 0 aliphatic carbocycles. The molecule has 4 aromatic carbocycles. The highest BCUT2D eigenvalue weighted by Gasteiger charge is 2.18. The van der Waals surface area contributed by atoms with Crippen molar-refractivity contribution in [1.29, 1.82) is 0 Å². The third kappa shape index (κ3) is 6.10. The maximum Gasteiger partial charge on any atom is 0.252 e. The third-order valence-electron chi connectivity index (χ3n) is 6.11. The Morgan fingerprint density at radius 1 is 0.923 bits per heavy atom. The highest BCUT2D eigenvalue weighted by atomic mass is 32.2. The van der Waals surface area contributed by atoms with Crippen molar-refractivity contribution in [3.05, 3.63) is 108 Å². The molecule has 0 radical (unpaired) electrons. The van der Waals surface area contributed by atoms with E-state index in [1.165, 1.54) is 11.8 Å². The molecule has 0 aliphatic rings. The normalized spacial score (nSPS) is 10.8. The highest BCUT2D eigenvalue weighted by Crippen LogP contribution is 2.24. The van der Waals surface area contributed by atoms with Gasteiger partial charge < -0.3 is 15.4 Å². The van der Waals surface area contributed by atoms with Crippen LogP contribution >= 0.6 is 11.8 Å². The molecule has 2 amide bonds. The first-order valence-electron chi connectivity index (χ1n) is 12.4. The average molecular weight is 538 g/mol. The zero-order valence-electron chi connectivity index (χ0n) is 21.5. The minimum atomic E-state index is -0.196. The summed E-state index contributed by atoms with van der Waals surface area (Å²) in [6.45, 7) is 2.17. The molecule has 0 saturated heterocycles. The number of aryl methyl sites for hydroxylation is 1. The summed E-state index contributed by atoms with van der Waals surface area (Å²) in [6, 6.07) is 28.5. The molecule has 1 heterocycles. The number of hydrogen-bond acceptors (Lipinski definition) is 6. The van der Waals surface area contributed by atoms with Gasteiger partial charge >= 0.3 is 0 Å². The van der Waals surface area contributed by atoms with Gasteiger partial charge in [0.1, 0.15) is 5.75 Å². The van der Waals surface area contributed by atoms with Crippen LogP contribution in [0, 0.1) is 6.92 Å². The van der Waals surface area contributed by atoms with E-state index in [0.29, 0.717) is 28.0 Å². The molecule has 0 aliphatic heterocycles. The molecule has 0 saturated carbocycles. The Labute approximate surface area is 230 Å². The Bertz CT molecular complexity index is 1630. The number of thioether (sulfide) groups is 1. The van der Waals surface area contributed by atoms with Gasteiger partial charge in [0.15, 0.2) is 11.0 Å². The lowest BCUT2D eigenvalue weighted by atomic mass is 10.0. The summed E-state index contributed by atoms with van der Waals surface area (Å²) in [5.41, 5.74) is 3.20. The Morgan fingerprint density at radius 3 is 2.49 bits per heavy atom. The summed E-state index contributed by atoms with van der Waals surface area (Å²) in [5.74, 6) is 1.05. The van der Waals surface area contributed by atoms with Gasteiger partial charge in [0.2, 0.25) is 5.91 Å². The molecule has 39 heavy (non-hydrogen) atoms. The quantitative estimate of drug-likeness (QED) is 0.245. The lowest BCUT2D eigenvalue weighted by Crippen LogP contribution is -2.25. The predicted octanol–water partition coefficient (Wildman–Crippen LogP) is 5.40. The summed E-state index contributed by atoms with van der Waals surface area (Å²) < 4.78 is 7.04. The fourth-order valence-electron chi connectivity index (χ4n) is 4.21. The second-order valence-corrected chi connectivity index (χ2v) is 9.79. The van der Waals surface area contributed by atoms with Crippen LogP contribution in [0.1, 0.15) is 21.7 Å². The minimum absolute atomic E-state index is 0.137. The van der Waals surface area contributed by atoms with Gasteiger partial charge in [-0.3, -0.25) is 14.2 Å². The van der Waals surface area contributed by atoms with Crippen molar-refractivity contribution in [1.82, 2.24) is 20.1 Å². The number of ether oxygens (including phenoxy) is 1. The van der Waals surface area contributed by atoms with E-state index in [-0.39, 0.29) is 24.1 Å². The van der Waals surface area contributed by atoms with E-state index in [4.69, 9.17) is 4.74 Å². The van der Waals surface area contributed by atoms with Gasteiger partial charge in [0.25, 0.3) is 5.91 Å². The van der Waals surface area contributed by atoms with Crippen LogP contribution in [0.2, 0.25) is 0 Å². The van der Waals surface area contributed by atoms with Gasteiger partial charge in [0, 0.05) is 16.9 Å². The molecule has 0 fully saturated rings. The van der Waals surface area contributed by atoms with Crippen LogP contribution in [0.15, 0.2) is 96.2 Å². The van der Waals surface area contributed by atoms with Gasteiger partial charge in [0.05, 0.1) is 19.4 Å². The van der Waals surface area contributed by atoms with Crippen LogP contribution in [-0.4, -0.2) is 39.4 Å². The number of anilines is 1. The lowest BCUT2D eigenvalue weighted by molar-refractivity contribution is -0.113. The standard InChI is InChI=1S/C30H27N5O3S/c1-20-7-5-10-23(17-20)35-27(18-31-29(37)26-12-6-9-21-8-3-4-11-25(21)26)33-34-30(35)39-19-28(36)32-22-13-15-24(38-2)16-14-22/h3-17H,18-19H2,1-2H3,(H,31,37)(H,32,36). The maximum atomic E-state index is 13.1. The number of fused-ring (bicyclic) bond motifs is 1. The number of carbonyl (C=O) groups is 2. The van der Waals surface area contributed by atoms with Gasteiger partial charge in [-0.1, -0.05) is 60.3 Å². The number of nitrogens with one attached hydrogen (secondary N) is 2. The summed E-state index contributed by atoms with van der Waals surface area (Å²) in [7, 11) is 1.60. The molecule has 5 rings (SSSR count). The van der Waals surface area contributed by atoms with Gasteiger partial charge in [-0.25, -0.2) is 0 Å². The molecule has 0 bridgehead atoms. The Morgan fingerprint density at radius 2 is 1.69 bits per heavy atom. The van der Waals surface area contributed by atoms with Gasteiger partial charge in [-0.05, 0) is 65.7 Å². The summed E-state index contributed by atoms with van der Waals surface area (Å²) >= 11 is 1.28. The smallest absolute Gasteiger partial charge is 0.252 e. The van der Waals surface area contributed by atoms with E-state index in [9.17, 15) is 9.59 Å². The van der Waals surface area contributed by atoms with Gasteiger partial charge in [-0.15, -0.1) is 10.2 Å². The molecular formula is C30H27N5O3S. The van der Waals surface area contributed by atoms with Crippen LogP contribution in [0.3, 0.4) is 0 Å². The van der Waals surface area contributed by atoms with E-state index in [1.807, 2.05) is 78.2 Å². The first-order valence-corrected chi connectivity index (χ1v) is 13.3. The number of rotatable bonds is 9. The predicted molar refractivity (Wildman–Crippen MR) is 154 cm³/mol. The van der Waals surface area contributed by atoms with Crippen molar-refractivity contribution in [3.8, 4) is 11.4 Å². The van der Waals surface area contributed by atoms with Crippen molar-refractivity contribution in [2.24, 2.45) is 0 Å². The highest BCUT2D eigenvalue weighted by molar-refractivity contribution is 7.99. The average Bonchev–Trinajstić information content (AvgIpc) is 3.37. The van der Waals surface area contributed by atoms with E-state index < -0.39 is 0 Å². The molecule has 9 heteroatoms. The van der Waals surface area contributed by atoms with E-state index in [1.54, 1.807) is 31.4 Å². The fourth-order valence-corrected chi connectivity index (χ4v) is 4.98. The fraction of sp³-hybridized carbons (Fsp3) is 0.133. The van der Waals surface area contributed by atoms with E-state index in [0.717, 1.165) is 22.0 Å². The van der Waals surface area contributed by atoms with Crippen molar-refractivity contribution >= 4 is 40.0 Å². The maximum absolute atomic E-state index is 13.1. The number of amides is 2. The zero-order chi connectivity index (χ0) is 27.2. The van der Waals surface area contributed by atoms with Crippen LogP contribution in [0.5, 0.6) is 5.75 Å². The third-order valence-corrected chi connectivity index (χ3v) is 7.04. The first-order chi connectivity index (χ1) is 19.0. The van der Waals surface area contributed by atoms with Crippen LogP contribution in [0.25, 0.3) is 16.5 Å². The molecule has 1 aromatic heterocycles. The summed E-state index contributed by atoms with van der Waals surface area (Å²) in [5, 5.41) is 17.0. The number of methoxy groups -OCH3 is 1. The van der Waals surface area contributed by atoms with Crippen LogP contribution in [-0.2, 0) is 11.3 Å². The van der Waals surface area contributed by atoms with Crippen molar-refractivity contribution in [3.63, 3.8) is 0 Å². The lowest BCUT2D eigenvalue weighted by Gasteiger charge is -2.12. The summed E-state index contributed by atoms with van der Waals surface area (Å²) in [6.07, 6.45) is 0. The van der Waals surface area contributed by atoms with Gasteiger partial charge in [-0.2, -0.15) is 0 Å². The molecule has 196 valence electrons.